The predicted octanol–water partition coefficient (Wildman–Crippen LogP) is 4.56. The summed E-state index contributed by atoms with van der Waals surface area (Å²) in [5.41, 5.74) is 2.07. The van der Waals surface area contributed by atoms with E-state index in [1.54, 1.807) is 13.0 Å². The highest BCUT2D eigenvalue weighted by Gasteiger charge is 2.39. The molecule has 0 saturated carbocycles. The van der Waals surface area contributed by atoms with Crippen LogP contribution in [0.3, 0.4) is 0 Å². The van der Waals surface area contributed by atoms with Gasteiger partial charge in [-0.1, -0.05) is 49.9 Å². The van der Waals surface area contributed by atoms with Gasteiger partial charge in [0.1, 0.15) is 11.9 Å². The number of benzene rings is 2. The zero-order valence-electron chi connectivity index (χ0n) is 16.2. The summed E-state index contributed by atoms with van der Waals surface area (Å²) >= 11 is 0. The lowest BCUT2D eigenvalue weighted by molar-refractivity contribution is -0.145. The molecule has 2 atom stereocenters. The van der Waals surface area contributed by atoms with Crippen LogP contribution >= 0.6 is 7.37 Å². The number of fused-ring (bicyclic) bond motifs is 3. The molecule has 6 heteroatoms. The Hall–Kier alpha value is -2.36. The standard InChI is InChI=1S/C22H25O5P/c1-4-13-25-14-17(26-22(23)16(2)3)15-28(24)21-12-8-6-10-19(21)18-9-5-7-11-20(18)27-28/h5-12,17H,2,4,13-15H2,1,3H3. The van der Waals surface area contributed by atoms with E-state index in [0.717, 1.165) is 17.5 Å². The van der Waals surface area contributed by atoms with Gasteiger partial charge < -0.3 is 14.0 Å². The Labute approximate surface area is 165 Å². The first-order valence-electron chi connectivity index (χ1n) is 9.36. The first-order valence-corrected chi connectivity index (χ1v) is 11.2. The van der Waals surface area contributed by atoms with Crippen molar-refractivity contribution >= 4 is 18.6 Å². The molecular weight excluding hydrogens is 375 g/mol. The zero-order valence-corrected chi connectivity index (χ0v) is 17.1. The summed E-state index contributed by atoms with van der Waals surface area (Å²) in [4.78, 5) is 12.1. The maximum absolute atomic E-state index is 13.9. The third-order valence-electron chi connectivity index (χ3n) is 4.41. The fourth-order valence-corrected chi connectivity index (χ4v) is 5.55. The molecule has 0 aliphatic carbocycles. The van der Waals surface area contributed by atoms with Crippen molar-refractivity contribution in [1.29, 1.82) is 0 Å². The third-order valence-corrected chi connectivity index (χ3v) is 6.92. The van der Waals surface area contributed by atoms with Gasteiger partial charge in [0, 0.05) is 17.7 Å². The van der Waals surface area contributed by atoms with E-state index in [4.69, 9.17) is 14.0 Å². The van der Waals surface area contributed by atoms with Gasteiger partial charge in [-0.05, 0) is 31.0 Å². The molecule has 2 unspecified atom stereocenters. The highest BCUT2D eigenvalue weighted by molar-refractivity contribution is 7.67. The van der Waals surface area contributed by atoms with Gasteiger partial charge in [-0.25, -0.2) is 4.79 Å². The van der Waals surface area contributed by atoms with E-state index in [9.17, 15) is 9.36 Å². The average Bonchev–Trinajstić information content (AvgIpc) is 2.68. The zero-order chi connectivity index (χ0) is 20.1. The molecular formula is C22H25O5P. The Kier molecular flexibility index (Phi) is 6.38. The molecule has 1 aliphatic rings. The first-order chi connectivity index (χ1) is 13.4. The van der Waals surface area contributed by atoms with E-state index in [0.29, 0.717) is 17.7 Å². The van der Waals surface area contributed by atoms with Crippen molar-refractivity contribution in [3.05, 3.63) is 60.7 Å². The number of ether oxygens (including phenoxy) is 2. The van der Waals surface area contributed by atoms with Crippen LogP contribution in [0.2, 0.25) is 0 Å². The minimum atomic E-state index is -3.31. The topological polar surface area (TPSA) is 61.8 Å². The van der Waals surface area contributed by atoms with Gasteiger partial charge in [-0.3, -0.25) is 4.57 Å². The molecule has 0 bridgehead atoms. The van der Waals surface area contributed by atoms with Crippen LogP contribution in [0.15, 0.2) is 60.7 Å². The van der Waals surface area contributed by atoms with E-state index < -0.39 is 19.4 Å². The van der Waals surface area contributed by atoms with Crippen molar-refractivity contribution in [2.24, 2.45) is 0 Å². The second-order valence-corrected chi connectivity index (χ2v) is 9.22. The van der Waals surface area contributed by atoms with Gasteiger partial charge in [-0.2, -0.15) is 0 Å². The summed E-state index contributed by atoms with van der Waals surface area (Å²) < 4.78 is 31.0. The molecule has 148 valence electrons. The Bertz CT molecular complexity index is 921. The second-order valence-electron chi connectivity index (χ2n) is 6.84. The van der Waals surface area contributed by atoms with Crippen LogP contribution in [0.25, 0.3) is 11.1 Å². The summed E-state index contributed by atoms with van der Waals surface area (Å²) in [6.07, 6.45) is 0.187. The SMILES string of the molecule is C=C(C)C(=O)OC(COCCC)CP1(=O)Oc2ccccc2-c2ccccc21. The number of hydrogen-bond acceptors (Lipinski definition) is 5. The number of esters is 1. The van der Waals surface area contributed by atoms with Crippen molar-refractivity contribution in [3.8, 4) is 16.9 Å². The van der Waals surface area contributed by atoms with Gasteiger partial charge >= 0.3 is 5.97 Å². The number of carbonyl (C=O) groups excluding carboxylic acids is 1. The van der Waals surface area contributed by atoms with E-state index in [-0.39, 0.29) is 18.3 Å². The number of rotatable bonds is 8. The van der Waals surface area contributed by atoms with Gasteiger partial charge in [-0.15, -0.1) is 0 Å². The minimum Gasteiger partial charge on any atom is -0.456 e. The third kappa shape index (κ3) is 4.37. The molecule has 1 aliphatic heterocycles. The molecule has 0 radical (unpaired) electrons. The van der Waals surface area contributed by atoms with Gasteiger partial charge in [0.25, 0.3) is 7.37 Å². The van der Waals surface area contributed by atoms with Crippen molar-refractivity contribution in [3.63, 3.8) is 0 Å². The van der Waals surface area contributed by atoms with Crippen molar-refractivity contribution in [2.75, 3.05) is 19.4 Å². The monoisotopic (exact) mass is 400 g/mol. The van der Waals surface area contributed by atoms with E-state index >= 15 is 0 Å². The fraction of sp³-hybridized carbons (Fsp3) is 0.318. The van der Waals surface area contributed by atoms with Gasteiger partial charge in [0.15, 0.2) is 0 Å². The molecule has 1 heterocycles. The van der Waals surface area contributed by atoms with Gasteiger partial charge in [0.05, 0.1) is 18.1 Å². The van der Waals surface area contributed by atoms with Crippen LogP contribution in [0.1, 0.15) is 20.3 Å². The quantitative estimate of drug-likeness (QED) is 0.281. The van der Waals surface area contributed by atoms with Crippen molar-refractivity contribution in [1.82, 2.24) is 0 Å². The van der Waals surface area contributed by atoms with Crippen molar-refractivity contribution < 1.29 is 23.4 Å². The summed E-state index contributed by atoms with van der Waals surface area (Å²) in [6.45, 7) is 7.88. The lowest BCUT2D eigenvalue weighted by Crippen LogP contribution is -2.32. The molecule has 0 N–H and O–H groups in total. The first kappa shape index (κ1) is 20.4. The van der Waals surface area contributed by atoms with Crippen LogP contribution < -0.4 is 9.83 Å². The van der Waals surface area contributed by atoms with E-state index in [1.807, 2.05) is 49.4 Å². The van der Waals surface area contributed by atoms with Crippen LogP contribution in [0.4, 0.5) is 0 Å². The minimum absolute atomic E-state index is 0.0427. The smallest absolute Gasteiger partial charge is 0.333 e. The normalized spacial score (nSPS) is 18.4. The molecule has 0 amide bonds. The molecule has 0 aromatic heterocycles. The van der Waals surface area contributed by atoms with Crippen molar-refractivity contribution in [2.45, 2.75) is 26.4 Å². The molecule has 0 saturated heterocycles. The van der Waals surface area contributed by atoms with E-state index in [2.05, 4.69) is 6.58 Å². The summed E-state index contributed by atoms with van der Waals surface area (Å²) in [5.74, 6) is 0.0476. The number of para-hydroxylation sites is 1. The number of carbonyl (C=O) groups is 1. The van der Waals surface area contributed by atoms with Crippen LogP contribution in [0, 0.1) is 0 Å². The molecule has 2 aromatic rings. The average molecular weight is 400 g/mol. The highest BCUT2D eigenvalue weighted by Crippen LogP contribution is 2.55. The maximum Gasteiger partial charge on any atom is 0.333 e. The predicted molar refractivity (Wildman–Crippen MR) is 110 cm³/mol. The Morgan fingerprint density at radius 2 is 1.82 bits per heavy atom. The summed E-state index contributed by atoms with van der Waals surface area (Å²) in [7, 11) is -3.31. The largest absolute Gasteiger partial charge is 0.456 e. The molecule has 5 nitrogen and oxygen atoms in total. The second kappa shape index (κ2) is 8.76. The molecule has 0 fully saturated rings. The molecule has 28 heavy (non-hydrogen) atoms. The Balaban J connectivity index is 1.92. The lowest BCUT2D eigenvalue weighted by atomic mass is 10.0. The molecule has 2 aromatic carbocycles. The molecule has 0 spiro atoms. The maximum atomic E-state index is 13.9. The van der Waals surface area contributed by atoms with Gasteiger partial charge in [0.2, 0.25) is 0 Å². The van der Waals surface area contributed by atoms with Crippen LogP contribution in [0.5, 0.6) is 5.75 Å². The van der Waals surface area contributed by atoms with Crippen LogP contribution in [-0.2, 0) is 18.8 Å². The Morgan fingerprint density at radius 1 is 1.14 bits per heavy atom. The highest BCUT2D eigenvalue weighted by atomic mass is 31.2. The summed E-state index contributed by atoms with van der Waals surface area (Å²) in [6, 6.07) is 15.0. The van der Waals surface area contributed by atoms with Crippen LogP contribution in [-0.4, -0.2) is 31.4 Å². The lowest BCUT2D eigenvalue weighted by Gasteiger charge is -2.31. The molecule has 3 rings (SSSR count). The summed E-state index contributed by atoms with van der Waals surface area (Å²) in [5, 5.41) is 0.639. The number of hydrogen-bond donors (Lipinski definition) is 0. The fourth-order valence-electron chi connectivity index (χ4n) is 3.11. The van der Waals surface area contributed by atoms with E-state index in [1.165, 1.54) is 0 Å². The Morgan fingerprint density at radius 3 is 2.54 bits per heavy atom.